The summed E-state index contributed by atoms with van der Waals surface area (Å²) >= 11 is 3.17. The molecule has 0 saturated carbocycles. The van der Waals surface area contributed by atoms with E-state index in [-0.39, 0.29) is 12.4 Å². The molecule has 0 N–H and O–H groups in total. The summed E-state index contributed by atoms with van der Waals surface area (Å²) in [5.41, 5.74) is 0.428. The van der Waals surface area contributed by atoms with E-state index in [2.05, 4.69) is 20.9 Å². The normalized spacial score (nSPS) is 10.3. The first kappa shape index (κ1) is 12.0. The zero-order valence-electron chi connectivity index (χ0n) is 8.66. The van der Waals surface area contributed by atoms with Gasteiger partial charge in [0.05, 0.1) is 6.20 Å². The van der Waals surface area contributed by atoms with Gasteiger partial charge in [0.15, 0.2) is 0 Å². The van der Waals surface area contributed by atoms with Crippen molar-refractivity contribution in [3.05, 3.63) is 58.3 Å². The molecule has 0 radical (unpaired) electrons. The Morgan fingerprint density at radius 2 is 2.00 bits per heavy atom. The predicted octanol–water partition coefficient (Wildman–Crippen LogP) is 3.70. The van der Waals surface area contributed by atoms with Gasteiger partial charge >= 0.3 is 0 Å². The number of benzene rings is 1. The lowest BCUT2D eigenvalue weighted by atomic mass is 10.2. The number of pyridine rings is 1. The standard InChI is InChI=1S/C12H8BrF2NO/c13-9-2-1-8(11(14)5-9)7-17-10-3-4-12(15)16-6-10/h1-6H,7H2. The molecule has 17 heavy (non-hydrogen) atoms. The van der Waals surface area contributed by atoms with Gasteiger partial charge in [0.25, 0.3) is 0 Å². The summed E-state index contributed by atoms with van der Waals surface area (Å²) in [6.45, 7) is 0.0758. The highest BCUT2D eigenvalue weighted by Gasteiger charge is 2.04. The molecule has 0 aliphatic carbocycles. The van der Waals surface area contributed by atoms with Crippen molar-refractivity contribution in [2.24, 2.45) is 0 Å². The van der Waals surface area contributed by atoms with Gasteiger partial charge in [-0.1, -0.05) is 22.0 Å². The summed E-state index contributed by atoms with van der Waals surface area (Å²) < 4.78 is 31.9. The highest BCUT2D eigenvalue weighted by Crippen LogP contribution is 2.17. The van der Waals surface area contributed by atoms with E-state index in [4.69, 9.17) is 4.74 Å². The van der Waals surface area contributed by atoms with E-state index in [1.165, 1.54) is 24.4 Å². The molecule has 2 nitrogen and oxygen atoms in total. The fourth-order valence-corrected chi connectivity index (χ4v) is 1.58. The molecule has 1 heterocycles. The van der Waals surface area contributed by atoms with Crippen molar-refractivity contribution in [3.63, 3.8) is 0 Å². The summed E-state index contributed by atoms with van der Waals surface area (Å²) in [5.74, 6) is -0.532. The van der Waals surface area contributed by atoms with E-state index in [9.17, 15) is 8.78 Å². The average molecular weight is 300 g/mol. The lowest BCUT2D eigenvalue weighted by molar-refractivity contribution is 0.297. The molecular weight excluding hydrogens is 292 g/mol. The van der Waals surface area contributed by atoms with Gasteiger partial charge in [0.2, 0.25) is 5.95 Å². The van der Waals surface area contributed by atoms with Gasteiger partial charge in [-0.3, -0.25) is 0 Å². The van der Waals surface area contributed by atoms with Gasteiger partial charge in [-0.15, -0.1) is 0 Å². The van der Waals surface area contributed by atoms with Crippen LogP contribution in [0.25, 0.3) is 0 Å². The van der Waals surface area contributed by atoms with E-state index >= 15 is 0 Å². The Balaban J connectivity index is 2.04. The van der Waals surface area contributed by atoms with Gasteiger partial charge in [-0.05, 0) is 24.3 Å². The second-order valence-electron chi connectivity index (χ2n) is 3.34. The number of aromatic nitrogens is 1. The first-order chi connectivity index (χ1) is 8.15. The molecule has 0 saturated heterocycles. The summed E-state index contributed by atoms with van der Waals surface area (Å²) in [4.78, 5) is 3.44. The van der Waals surface area contributed by atoms with Gasteiger partial charge in [0.1, 0.15) is 18.2 Å². The fraction of sp³-hybridized carbons (Fsp3) is 0.0833. The topological polar surface area (TPSA) is 22.1 Å². The van der Waals surface area contributed by atoms with E-state index in [0.29, 0.717) is 15.8 Å². The van der Waals surface area contributed by atoms with Crippen LogP contribution in [0.4, 0.5) is 8.78 Å². The summed E-state index contributed by atoms with van der Waals surface area (Å²) in [6, 6.07) is 7.34. The Hall–Kier alpha value is -1.49. The zero-order chi connectivity index (χ0) is 12.3. The zero-order valence-corrected chi connectivity index (χ0v) is 10.2. The minimum Gasteiger partial charge on any atom is -0.487 e. The van der Waals surface area contributed by atoms with Crippen molar-refractivity contribution in [1.82, 2.24) is 4.98 Å². The molecule has 0 spiro atoms. The van der Waals surface area contributed by atoms with Crippen molar-refractivity contribution >= 4 is 15.9 Å². The second-order valence-corrected chi connectivity index (χ2v) is 4.26. The number of nitrogens with zero attached hydrogens (tertiary/aromatic N) is 1. The highest BCUT2D eigenvalue weighted by molar-refractivity contribution is 9.10. The van der Waals surface area contributed by atoms with Gasteiger partial charge in [0, 0.05) is 10.0 Å². The van der Waals surface area contributed by atoms with Crippen molar-refractivity contribution in [3.8, 4) is 5.75 Å². The third kappa shape index (κ3) is 3.23. The molecule has 0 bridgehead atoms. The first-order valence-corrected chi connectivity index (χ1v) is 5.63. The molecule has 1 aromatic heterocycles. The Morgan fingerprint density at radius 1 is 1.18 bits per heavy atom. The maximum atomic E-state index is 13.4. The Bertz CT molecular complexity index is 516. The number of halogens is 3. The first-order valence-electron chi connectivity index (χ1n) is 4.83. The van der Waals surface area contributed by atoms with E-state index in [1.807, 2.05) is 0 Å². The molecule has 2 rings (SSSR count). The van der Waals surface area contributed by atoms with Crippen LogP contribution in [0.15, 0.2) is 41.0 Å². The third-order valence-corrected chi connectivity index (χ3v) is 2.60. The summed E-state index contributed by atoms with van der Waals surface area (Å²) in [6.07, 6.45) is 1.26. The van der Waals surface area contributed by atoms with Crippen molar-refractivity contribution < 1.29 is 13.5 Å². The van der Waals surface area contributed by atoms with Crippen LogP contribution in [0, 0.1) is 11.8 Å². The van der Waals surface area contributed by atoms with E-state index in [1.54, 1.807) is 12.1 Å². The Kier molecular flexibility index (Phi) is 3.68. The maximum absolute atomic E-state index is 13.4. The Labute approximate surface area is 105 Å². The molecule has 5 heteroatoms. The van der Waals surface area contributed by atoms with Gasteiger partial charge in [-0.2, -0.15) is 4.39 Å². The van der Waals surface area contributed by atoms with Crippen LogP contribution in [0.2, 0.25) is 0 Å². The monoisotopic (exact) mass is 299 g/mol. The molecule has 0 aliphatic rings. The van der Waals surface area contributed by atoms with Gasteiger partial charge in [-0.25, -0.2) is 9.37 Å². The van der Waals surface area contributed by atoms with Crippen LogP contribution in [0.1, 0.15) is 5.56 Å². The lowest BCUT2D eigenvalue weighted by Gasteiger charge is -2.06. The third-order valence-electron chi connectivity index (χ3n) is 2.11. The van der Waals surface area contributed by atoms with Crippen LogP contribution >= 0.6 is 15.9 Å². The largest absolute Gasteiger partial charge is 0.487 e. The smallest absolute Gasteiger partial charge is 0.213 e. The van der Waals surface area contributed by atoms with Crippen LogP contribution in [0.5, 0.6) is 5.75 Å². The SMILES string of the molecule is Fc1ccc(OCc2ccc(Br)cc2F)cn1. The van der Waals surface area contributed by atoms with Crippen molar-refractivity contribution in [1.29, 1.82) is 0 Å². The molecule has 0 atom stereocenters. The lowest BCUT2D eigenvalue weighted by Crippen LogP contribution is -1.99. The number of hydrogen-bond donors (Lipinski definition) is 0. The van der Waals surface area contributed by atoms with Crippen LogP contribution in [0.3, 0.4) is 0 Å². The molecular formula is C12H8BrF2NO. The van der Waals surface area contributed by atoms with Crippen LogP contribution < -0.4 is 4.74 Å². The molecule has 0 unspecified atom stereocenters. The summed E-state index contributed by atoms with van der Waals surface area (Å²) in [5, 5.41) is 0. The maximum Gasteiger partial charge on any atom is 0.213 e. The predicted molar refractivity (Wildman–Crippen MR) is 62.6 cm³/mol. The summed E-state index contributed by atoms with van der Waals surface area (Å²) in [7, 11) is 0. The van der Waals surface area contributed by atoms with Crippen molar-refractivity contribution in [2.45, 2.75) is 6.61 Å². The quantitative estimate of drug-likeness (QED) is 0.806. The van der Waals surface area contributed by atoms with Gasteiger partial charge < -0.3 is 4.74 Å². The number of hydrogen-bond acceptors (Lipinski definition) is 2. The van der Waals surface area contributed by atoms with Crippen molar-refractivity contribution in [2.75, 3.05) is 0 Å². The molecule has 2 aromatic rings. The average Bonchev–Trinajstić information content (AvgIpc) is 2.30. The minimum atomic E-state index is -0.577. The fourth-order valence-electron chi connectivity index (χ4n) is 1.25. The second kappa shape index (κ2) is 5.23. The highest BCUT2D eigenvalue weighted by atomic mass is 79.9. The Morgan fingerprint density at radius 3 is 2.65 bits per heavy atom. The molecule has 0 fully saturated rings. The molecule has 0 amide bonds. The van der Waals surface area contributed by atoms with E-state index in [0.717, 1.165) is 0 Å². The van der Waals surface area contributed by atoms with Crippen LogP contribution in [-0.4, -0.2) is 4.98 Å². The molecule has 88 valence electrons. The number of ether oxygens (including phenoxy) is 1. The number of rotatable bonds is 3. The molecule has 0 aliphatic heterocycles. The van der Waals surface area contributed by atoms with E-state index < -0.39 is 5.95 Å². The molecule has 1 aromatic carbocycles. The minimum absolute atomic E-state index is 0.0758. The van der Waals surface area contributed by atoms with Crippen LogP contribution in [-0.2, 0) is 6.61 Å².